The SMILES string of the molecule is CC(C)(C)CN1[Si]N(CC(C)(C)C)c2ccccc21.CC(C)(C)CN1[Si]N(CC(C)(C)C)c2ccccc21.CC(C)(C)CN1c2ccccc2N(CC(C)(C)C)[Si]1Cl.CC(C)(C)CN1c2ccccc2N(CC(C)(C)C)[Si]1Cl.[Pt]. The Morgan fingerprint density at radius 2 is 0.405 bits per heavy atom. The molecule has 0 saturated heterocycles. The largest absolute Gasteiger partial charge is 0.414 e. The van der Waals surface area contributed by atoms with Gasteiger partial charge in [-0.15, -0.1) is 22.2 Å². The maximum atomic E-state index is 6.88. The molecule has 0 saturated carbocycles. The Labute approximate surface area is 516 Å². The number of hydrogen-bond donors (Lipinski definition) is 0. The van der Waals surface area contributed by atoms with Crippen molar-refractivity contribution >= 4 is 104 Å². The van der Waals surface area contributed by atoms with Crippen molar-refractivity contribution in [3.63, 3.8) is 0 Å². The molecule has 8 rings (SSSR count). The van der Waals surface area contributed by atoms with Crippen LogP contribution in [0.15, 0.2) is 97.1 Å². The zero-order valence-electron chi connectivity index (χ0n) is 53.5. The molecule has 4 aromatic rings. The van der Waals surface area contributed by atoms with Gasteiger partial charge in [0.15, 0.2) is 0 Å². The Kier molecular flexibility index (Phi) is 23.2. The van der Waals surface area contributed by atoms with Crippen LogP contribution in [0.4, 0.5) is 45.5 Å². The Hall–Kier alpha value is -2.58. The van der Waals surface area contributed by atoms with Crippen molar-refractivity contribution in [3.8, 4) is 0 Å². The zero-order chi connectivity index (χ0) is 58.8. The van der Waals surface area contributed by atoms with E-state index in [1.807, 2.05) is 0 Å². The summed E-state index contributed by atoms with van der Waals surface area (Å²) in [5, 5.41) is 0. The van der Waals surface area contributed by atoms with E-state index in [-0.39, 0.29) is 42.7 Å². The van der Waals surface area contributed by atoms with Crippen LogP contribution in [0.2, 0.25) is 0 Å². The van der Waals surface area contributed by atoms with E-state index in [2.05, 4.69) is 300 Å². The monoisotopic (exact) mass is 1360 g/mol. The summed E-state index contributed by atoms with van der Waals surface area (Å²) >= 11 is 13.8. The molecule has 440 valence electrons. The van der Waals surface area contributed by atoms with Gasteiger partial charge in [0.25, 0.3) is 0 Å². The van der Waals surface area contributed by atoms with E-state index < -0.39 is 16.9 Å². The fourth-order valence-corrected chi connectivity index (χ4v) is 20.1. The summed E-state index contributed by atoms with van der Waals surface area (Å²) in [6, 6.07) is 34.9. The van der Waals surface area contributed by atoms with Crippen molar-refractivity contribution in [2.24, 2.45) is 43.3 Å². The average molecular weight is 1360 g/mol. The fraction of sp³-hybridized carbons (Fsp3) is 0.625. The molecule has 79 heavy (non-hydrogen) atoms. The molecule has 4 aliphatic heterocycles. The fourth-order valence-electron chi connectivity index (χ4n) is 9.76. The number of halogens is 2. The summed E-state index contributed by atoms with van der Waals surface area (Å²) in [7, 11) is -0.951. The maximum Gasteiger partial charge on any atom is 0.414 e. The minimum atomic E-state index is -1.22. The van der Waals surface area contributed by atoms with E-state index in [1.54, 1.807) is 0 Å². The summed E-state index contributed by atoms with van der Waals surface area (Å²) in [4.78, 5) is 0. The Balaban J connectivity index is 0.000000226. The van der Waals surface area contributed by atoms with E-state index in [4.69, 9.17) is 22.2 Å². The topological polar surface area (TPSA) is 25.9 Å². The van der Waals surface area contributed by atoms with Crippen LogP contribution in [0.3, 0.4) is 0 Å². The molecule has 15 heteroatoms. The van der Waals surface area contributed by atoms with Crippen molar-refractivity contribution < 1.29 is 21.1 Å². The molecule has 0 spiro atoms. The van der Waals surface area contributed by atoms with Crippen LogP contribution in [0.25, 0.3) is 0 Å². The van der Waals surface area contributed by atoms with Gasteiger partial charge in [0.05, 0.1) is 45.5 Å². The Morgan fingerprint density at radius 1 is 0.266 bits per heavy atom. The van der Waals surface area contributed by atoms with Crippen LogP contribution in [-0.4, -0.2) is 88.9 Å². The molecule has 6 radical (unpaired) electrons. The minimum Gasteiger partial charge on any atom is -0.378 e. The molecule has 4 heterocycles. The number of rotatable bonds is 8. The summed E-state index contributed by atoms with van der Waals surface area (Å²) in [5.74, 6) is 0. The van der Waals surface area contributed by atoms with Gasteiger partial charge < -0.3 is 36.5 Å². The van der Waals surface area contributed by atoms with E-state index in [1.165, 1.54) is 45.5 Å². The molecule has 0 aromatic heterocycles. The number of fused-ring (bicyclic) bond motifs is 4. The van der Waals surface area contributed by atoms with Gasteiger partial charge in [0.2, 0.25) is 0 Å². The maximum absolute atomic E-state index is 6.88. The van der Waals surface area contributed by atoms with E-state index in [0.29, 0.717) is 21.7 Å². The van der Waals surface area contributed by atoms with Crippen LogP contribution in [0.1, 0.15) is 166 Å². The Morgan fingerprint density at radius 3 is 0.544 bits per heavy atom. The first-order valence-corrected chi connectivity index (χ1v) is 35.2. The second kappa shape index (κ2) is 26.6. The van der Waals surface area contributed by atoms with Crippen LogP contribution < -0.4 is 36.5 Å². The number of hydrogen-bond acceptors (Lipinski definition) is 8. The molecule has 0 unspecified atom stereocenters. The predicted octanol–water partition coefficient (Wildman–Crippen LogP) is 17.1. The van der Waals surface area contributed by atoms with Gasteiger partial charge in [0.1, 0.15) is 0 Å². The van der Waals surface area contributed by atoms with Gasteiger partial charge in [-0.25, -0.2) is 0 Å². The number of benzene rings is 4. The van der Waals surface area contributed by atoms with Gasteiger partial charge in [0, 0.05) is 73.4 Å². The molecule has 8 nitrogen and oxygen atoms in total. The molecule has 0 fully saturated rings. The first-order valence-electron chi connectivity index (χ1n) is 28.6. The zero-order valence-corrected chi connectivity index (χ0v) is 61.3. The van der Waals surface area contributed by atoms with Crippen molar-refractivity contribution in [2.75, 3.05) is 88.9 Å². The van der Waals surface area contributed by atoms with Crippen molar-refractivity contribution in [1.82, 2.24) is 0 Å². The van der Waals surface area contributed by atoms with Crippen LogP contribution in [0.5, 0.6) is 0 Å². The van der Waals surface area contributed by atoms with Crippen molar-refractivity contribution in [2.45, 2.75) is 166 Å². The number of para-hydroxylation sites is 8. The molecule has 4 aliphatic rings. The second-order valence-corrected chi connectivity index (χ2v) is 39.7. The predicted molar refractivity (Wildman–Crippen MR) is 355 cm³/mol. The standard InChI is InChI=1S/2C16H26ClN2Si.2C16H26N2Si.Pt/c2*1-15(2,3)11-18-13-9-7-8-10-14(13)19(20(18)17)12-16(4,5)6;2*1-15(2,3)11-17-13-9-7-8-10-14(13)18(19-17)12-16(4,5)6;/h2*7-10H,11-12H2,1-6H3;2*7-10H,11-12H2,1-6H3;. The number of anilines is 8. The van der Waals surface area contributed by atoms with Gasteiger partial charge in [-0.1, -0.05) is 215 Å². The molecule has 0 bridgehead atoms. The summed E-state index contributed by atoms with van der Waals surface area (Å²) in [5.41, 5.74) is 13.1. The van der Waals surface area contributed by atoms with Gasteiger partial charge in [-0.05, 0) is 91.9 Å². The summed E-state index contributed by atoms with van der Waals surface area (Å²) < 4.78 is 19.9. The van der Waals surface area contributed by atoms with Crippen LogP contribution >= 0.6 is 22.2 Å². The third kappa shape index (κ3) is 21.5. The molecule has 0 amide bonds. The second-order valence-electron chi connectivity index (χ2n) is 31.9. The molecule has 0 aliphatic carbocycles. The molecule has 0 N–H and O–H groups in total. The van der Waals surface area contributed by atoms with Crippen LogP contribution in [-0.2, 0) is 21.1 Å². The quantitative estimate of drug-likeness (QED) is 0.127. The smallest absolute Gasteiger partial charge is 0.378 e. The average Bonchev–Trinajstić information content (AvgIpc) is 3.92. The van der Waals surface area contributed by atoms with E-state index in [9.17, 15) is 0 Å². The van der Waals surface area contributed by atoms with Crippen molar-refractivity contribution in [3.05, 3.63) is 97.1 Å². The third-order valence-electron chi connectivity index (χ3n) is 12.3. The first-order chi connectivity index (χ1) is 35.5. The van der Waals surface area contributed by atoms with Crippen molar-refractivity contribution in [1.29, 1.82) is 0 Å². The Bertz CT molecular complexity index is 2200. The summed E-state index contributed by atoms with van der Waals surface area (Å²) in [6.07, 6.45) is 0. The summed E-state index contributed by atoms with van der Waals surface area (Å²) in [6.45, 7) is 63.5. The van der Waals surface area contributed by atoms with Gasteiger partial charge >= 0.3 is 36.5 Å². The van der Waals surface area contributed by atoms with Crippen LogP contribution in [0, 0.1) is 43.3 Å². The van der Waals surface area contributed by atoms with Gasteiger partial charge in [-0.3, -0.25) is 0 Å². The van der Waals surface area contributed by atoms with Gasteiger partial charge in [-0.2, -0.15) is 0 Å². The molecular weight excluding hydrogens is 1260 g/mol. The third-order valence-corrected chi connectivity index (χ3v) is 20.7. The molecule has 4 aromatic carbocycles. The van der Waals surface area contributed by atoms with E-state index in [0.717, 1.165) is 72.0 Å². The molecule has 0 atom stereocenters. The first kappa shape index (κ1) is 68.9. The normalized spacial score (nSPS) is 16.1. The molecular formula is C64H104Cl2N8PtSi4. The number of nitrogens with zero attached hydrogens (tertiary/aromatic N) is 8. The minimum absolute atomic E-state index is 0. The van der Waals surface area contributed by atoms with E-state index >= 15 is 0 Å².